The van der Waals surface area contributed by atoms with Gasteiger partial charge in [-0.05, 0) is 0 Å². The van der Waals surface area contributed by atoms with Gasteiger partial charge in [-0.15, -0.1) is 0 Å². The Labute approximate surface area is 139 Å². The summed E-state index contributed by atoms with van der Waals surface area (Å²) in [6.07, 6.45) is 8.81. The fourth-order valence-corrected chi connectivity index (χ4v) is 23.4. The van der Waals surface area contributed by atoms with E-state index in [4.69, 9.17) is 5.26 Å². The van der Waals surface area contributed by atoms with Crippen LogP contribution in [0, 0.1) is 11.3 Å². The summed E-state index contributed by atoms with van der Waals surface area (Å²) < 4.78 is 6.33. The van der Waals surface area contributed by atoms with Gasteiger partial charge in [0.05, 0.1) is 0 Å². The van der Waals surface area contributed by atoms with Gasteiger partial charge in [0.25, 0.3) is 0 Å². The molecule has 1 heterocycles. The van der Waals surface area contributed by atoms with Crippen LogP contribution in [-0.4, -0.2) is 18.4 Å². The van der Waals surface area contributed by atoms with E-state index in [2.05, 4.69) is 39.0 Å². The van der Waals surface area contributed by atoms with Crippen molar-refractivity contribution >= 4 is 32.6 Å². The van der Waals surface area contributed by atoms with Crippen molar-refractivity contribution in [1.29, 1.82) is 5.26 Å². The third-order valence-corrected chi connectivity index (χ3v) is 23.8. The topological polar surface area (TPSA) is 23.8 Å². The van der Waals surface area contributed by atoms with Gasteiger partial charge in [0.2, 0.25) is 0 Å². The van der Waals surface area contributed by atoms with Crippen LogP contribution in [0.25, 0.3) is 0 Å². The number of thiophene rings is 1. The summed E-state index contributed by atoms with van der Waals surface area (Å²) >= 11 is -0.222. The van der Waals surface area contributed by atoms with E-state index < -0.39 is 18.4 Å². The van der Waals surface area contributed by atoms with Gasteiger partial charge in [0.1, 0.15) is 0 Å². The minimum absolute atomic E-state index is 0.599. The van der Waals surface area contributed by atoms with Crippen molar-refractivity contribution in [3.8, 4) is 6.07 Å². The molecule has 0 aromatic carbocycles. The van der Waals surface area contributed by atoms with E-state index in [-0.39, 0.29) is 0 Å². The summed E-state index contributed by atoms with van der Waals surface area (Å²) in [7, 11) is 0. The van der Waals surface area contributed by atoms with Crippen molar-refractivity contribution in [3.05, 3.63) is 17.0 Å². The summed E-state index contributed by atoms with van der Waals surface area (Å²) in [5, 5.41) is 8.93. The number of hydrogen-bond donors (Lipinski definition) is 0. The second-order valence-electron chi connectivity index (χ2n) is 6.19. The summed E-state index contributed by atoms with van der Waals surface area (Å²) in [4.78, 5) is 1.29. The summed E-state index contributed by atoms with van der Waals surface area (Å²) in [5.74, 6) is 0. The van der Waals surface area contributed by atoms with Gasteiger partial charge >= 0.3 is 140 Å². The molecule has 0 bridgehead atoms. The number of nitriles is 1. The summed E-state index contributed by atoms with van der Waals surface area (Å²) in [6.45, 7) is 6.98. The standard InChI is InChI=1S/C6H4NS.3C4H9.Sn/c7-4-3-6-2-1-5-8-6;3*1-3-4-2;/h1-2H,3H2;3*1,3-4H2,2H3;. The SMILES string of the molecule is CCC[CH2][Sn]([CH2]CCC)([CH2]CCC)[c]1ccc(CC#N)s1. The second-order valence-corrected chi connectivity index (χ2v) is 21.5. The molecular weight excluding hydrogens is 381 g/mol. The Morgan fingerprint density at radius 1 is 0.952 bits per heavy atom. The van der Waals surface area contributed by atoms with Gasteiger partial charge in [-0.3, -0.25) is 0 Å². The Morgan fingerprint density at radius 2 is 1.48 bits per heavy atom. The van der Waals surface area contributed by atoms with E-state index >= 15 is 0 Å². The van der Waals surface area contributed by atoms with Crippen LogP contribution >= 0.6 is 11.3 Å². The van der Waals surface area contributed by atoms with E-state index in [1.807, 2.05) is 11.3 Å². The first-order valence-electron chi connectivity index (χ1n) is 8.68. The van der Waals surface area contributed by atoms with E-state index in [1.54, 1.807) is 2.89 Å². The zero-order chi connectivity index (χ0) is 15.6. The maximum absolute atomic E-state index is 8.93. The first kappa shape index (κ1) is 19.0. The Hall–Kier alpha value is -0.0113. The van der Waals surface area contributed by atoms with Crippen LogP contribution in [0.4, 0.5) is 0 Å². The Balaban J connectivity index is 3.00. The molecule has 0 radical (unpaired) electrons. The fraction of sp³-hybridized carbons (Fsp3) is 0.722. The molecule has 21 heavy (non-hydrogen) atoms. The van der Waals surface area contributed by atoms with E-state index in [9.17, 15) is 0 Å². The molecule has 1 rings (SSSR count). The van der Waals surface area contributed by atoms with Crippen LogP contribution in [0.1, 0.15) is 64.2 Å². The molecule has 0 fully saturated rings. The third kappa shape index (κ3) is 5.94. The molecule has 0 aliphatic carbocycles. The van der Waals surface area contributed by atoms with Gasteiger partial charge in [0, 0.05) is 0 Å². The van der Waals surface area contributed by atoms with Crippen molar-refractivity contribution in [2.45, 2.75) is 79.0 Å². The van der Waals surface area contributed by atoms with Crippen LogP contribution in [-0.2, 0) is 6.42 Å². The molecule has 1 aromatic heterocycles. The van der Waals surface area contributed by atoms with Crippen molar-refractivity contribution in [3.63, 3.8) is 0 Å². The summed E-state index contributed by atoms with van der Waals surface area (Å²) in [5.41, 5.74) is 0. The molecule has 0 spiro atoms. The molecule has 0 saturated heterocycles. The Morgan fingerprint density at radius 3 is 1.90 bits per heavy atom. The second kappa shape index (κ2) is 10.7. The maximum atomic E-state index is 8.93. The Kier molecular flexibility index (Phi) is 9.67. The molecule has 0 aliphatic rings. The van der Waals surface area contributed by atoms with E-state index in [0.29, 0.717) is 6.42 Å². The minimum atomic E-state index is -2.21. The van der Waals surface area contributed by atoms with Crippen LogP contribution in [0.3, 0.4) is 0 Å². The van der Waals surface area contributed by atoms with Gasteiger partial charge in [-0.1, -0.05) is 0 Å². The Bertz CT molecular complexity index is 411. The van der Waals surface area contributed by atoms with E-state index in [0.717, 1.165) is 0 Å². The van der Waals surface area contributed by atoms with Crippen LogP contribution in [0.5, 0.6) is 0 Å². The van der Waals surface area contributed by atoms with Crippen molar-refractivity contribution in [1.82, 2.24) is 0 Å². The molecular formula is C18H31NSSn. The average molecular weight is 412 g/mol. The number of nitrogens with zero attached hydrogens (tertiary/aromatic N) is 1. The normalized spacial score (nSPS) is 11.5. The number of unbranched alkanes of at least 4 members (excludes halogenated alkanes) is 3. The van der Waals surface area contributed by atoms with Crippen molar-refractivity contribution < 1.29 is 0 Å². The third-order valence-electron chi connectivity index (χ3n) is 4.46. The quantitative estimate of drug-likeness (QED) is 0.417. The zero-order valence-corrected chi connectivity index (χ0v) is 17.8. The van der Waals surface area contributed by atoms with Crippen molar-refractivity contribution in [2.75, 3.05) is 0 Å². The van der Waals surface area contributed by atoms with Crippen molar-refractivity contribution in [2.24, 2.45) is 0 Å². The van der Waals surface area contributed by atoms with Crippen LogP contribution in [0.15, 0.2) is 12.1 Å². The average Bonchev–Trinajstić information content (AvgIpc) is 2.96. The van der Waals surface area contributed by atoms with Gasteiger partial charge in [0.15, 0.2) is 0 Å². The molecule has 0 aliphatic heterocycles. The monoisotopic (exact) mass is 413 g/mol. The predicted molar refractivity (Wildman–Crippen MR) is 98.2 cm³/mol. The first-order chi connectivity index (χ1) is 10.2. The molecule has 3 heteroatoms. The zero-order valence-electron chi connectivity index (χ0n) is 14.1. The molecule has 1 nitrogen and oxygen atoms in total. The number of hydrogen-bond acceptors (Lipinski definition) is 2. The number of rotatable bonds is 11. The summed E-state index contributed by atoms with van der Waals surface area (Å²) in [6, 6.07) is 6.96. The van der Waals surface area contributed by atoms with Gasteiger partial charge in [-0.2, -0.15) is 0 Å². The molecule has 0 atom stereocenters. The molecule has 0 amide bonds. The fourth-order valence-electron chi connectivity index (χ4n) is 3.13. The van der Waals surface area contributed by atoms with Gasteiger partial charge in [-0.25, -0.2) is 0 Å². The molecule has 1 aromatic rings. The van der Waals surface area contributed by atoms with Crippen LogP contribution in [0.2, 0.25) is 13.3 Å². The predicted octanol–water partition coefficient (Wildman–Crippen LogP) is 5.87. The molecule has 118 valence electrons. The van der Waals surface area contributed by atoms with Gasteiger partial charge < -0.3 is 0 Å². The van der Waals surface area contributed by atoms with Crippen LogP contribution < -0.4 is 2.89 Å². The molecule has 0 N–H and O–H groups in total. The molecule has 0 unspecified atom stereocenters. The molecule has 0 saturated carbocycles. The van der Waals surface area contributed by atoms with E-state index in [1.165, 1.54) is 56.7 Å². The first-order valence-corrected chi connectivity index (χ1v) is 17.0.